The summed E-state index contributed by atoms with van der Waals surface area (Å²) in [5.41, 5.74) is 1.82. The lowest BCUT2D eigenvalue weighted by Crippen LogP contribution is -2.02. The molecule has 0 aliphatic rings. The molecule has 0 heterocycles. The quantitative estimate of drug-likeness (QED) is 0.650. The van der Waals surface area contributed by atoms with Crippen LogP contribution in [0, 0.1) is 17.2 Å². The summed E-state index contributed by atoms with van der Waals surface area (Å²) in [5.74, 6) is 0.828. The van der Waals surface area contributed by atoms with E-state index in [1.807, 2.05) is 18.2 Å². The summed E-state index contributed by atoms with van der Waals surface area (Å²) < 4.78 is 0. The van der Waals surface area contributed by atoms with E-state index in [0.717, 1.165) is 12.3 Å². The third-order valence-electron chi connectivity index (χ3n) is 3.39. The van der Waals surface area contributed by atoms with Gasteiger partial charge in [0.15, 0.2) is 0 Å². The van der Waals surface area contributed by atoms with Crippen LogP contribution in [0.5, 0.6) is 0 Å². The van der Waals surface area contributed by atoms with E-state index in [4.69, 9.17) is 16.9 Å². The van der Waals surface area contributed by atoms with Crippen LogP contribution >= 0.6 is 11.6 Å². The van der Waals surface area contributed by atoms with Gasteiger partial charge < -0.3 is 0 Å². The van der Waals surface area contributed by atoms with Crippen LogP contribution in [0.25, 0.3) is 0 Å². The fourth-order valence-corrected chi connectivity index (χ4v) is 2.67. The van der Waals surface area contributed by atoms with E-state index >= 15 is 0 Å². The van der Waals surface area contributed by atoms with Gasteiger partial charge in [-0.25, -0.2) is 0 Å². The third-order valence-corrected chi connectivity index (χ3v) is 3.70. The molecule has 0 atom stereocenters. The van der Waals surface area contributed by atoms with Crippen LogP contribution in [0.3, 0.4) is 0 Å². The van der Waals surface area contributed by atoms with Crippen molar-refractivity contribution in [2.45, 2.75) is 52.4 Å². The maximum atomic E-state index is 8.83. The first kappa shape index (κ1) is 15.1. The molecule has 0 saturated heterocycles. The summed E-state index contributed by atoms with van der Waals surface area (Å²) in [6.45, 7) is 4.50. The summed E-state index contributed by atoms with van der Waals surface area (Å²) in [6.07, 6.45) is 7.45. The second-order valence-corrected chi connectivity index (χ2v) is 5.32. The summed E-state index contributed by atoms with van der Waals surface area (Å²) in [7, 11) is 0. The van der Waals surface area contributed by atoms with E-state index in [-0.39, 0.29) is 0 Å². The summed E-state index contributed by atoms with van der Waals surface area (Å²) in [4.78, 5) is 0. The van der Waals surface area contributed by atoms with Crippen molar-refractivity contribution in [3.63, 3.8) is 0 Å². The minimum absolute atomic E-state index is 0.569. The lowest BCUT2D eigenvalue weighted by Gasteiger charge is -2.15. The van der Waals surface area contributed by atoms with Crippen LogP contribution in [0.1, 0.15) is 57.1 Å². The fraction of sp³-hybridized carbons (Fsp3) is 0.562. The van der Waals surface area contributed by atoms with Gasteiger partial charge in [0.2, 0.25) is 0 Å². The Hall–Kier alpha value is -1.00. The highest BCUT2D eigenvalue weighted by Gasteiger charge is 2.08. The Morgan fingerprint density at radius 3 is 2.33 bits per heavy atom. The first-order chi connectivity index (χ1) is 8.71. The van der Waals surface area contributed by atoms with Crippen molar-refractivity contribution < 1.29 is 0 Å². The van der Waals surface area contributed by atoms with E-state index in [1.54, 1.807) is 0 Å². The lowest BCUT2D eigenvalue weighted by molar-refractivity contribution is 0.411. The number of nitriles is 1. The molecule has 0 fully saturated rings. The highest BCUT2D eigenvalue weighted by molar-refractivity contribution is 6.31. The molecule has 1 aromatic rings. The third kappa shape index (κ3) is 4.70. The first-order valence-electron chi connectivity index (χ1n) is 6.89. The maximum Gasteiger partial charge on any atom is 0.101 e. The summed E-state index contributed by atoms with van der Waals surface area (Å²) in [6, 6.07) is 7.89. The van der Waals surface area contributed by atoms with Gasteiger partial charge in [-0.2, -0.15) is 5.26 Å². The van der Waals surface area contributed by atoms with Gasteiger partial charge in [0, 0.05) is 0 Å². The molecule has 0 bridgehead atoms. The van der Waals surface area contributed by atoms with Crippen molar-refractivity contribution in [2.24, 2.45) is 5.92 Å². The molecular formula is C16H22ClN. The predicted octanol–water partition coefficient (Wildman–Crippen LogP) is 5.36. The van der Waals surface area contributed by atoms with E-state index < -0.39 is 0 Å². The van der Waals surface area contributed by atoms with Gasteiger partial charge in [-0.15, -0.1) is 0 Å². The molecule has 1 rings (SSSR count). The zero-order valence-corrected chi connectivity index (χ0v) is 12.1. The highest BCUT2D eigenvalue weighted by Crippen LogP contribution is 2.22. The Morgan fingerprint density at radius 1 is 1.17 bits per heavy atom. The Morgan fingerprint density at radius 2 is 1.83 bits per heavy atom. The molecule has 1 nitrogen and oxygen atoms in total. The van der Waals surface area contributed by atoms with Crippen molar-refractivity contribution >= 4 is 11.6 Å². The maximum absolute atomic E-state index is 8.83. The molecule has 0 unspecified atom stereocenters. The van der Waals surface area contributed by atoms with Crippen LogP contribution in [-0.4, -0.2) is 0 Å². The Balaban J connectivity index is 2.56. The van der Waals surface area contributed by atoms with Crippen LogP contribution < -0.4 is 0 Å². The Labute approximate surface area is 116 Å². The van der Waals surface area contributed by atoms with Crippen molar-refractivity contribution in [3.05, 3.63) is 34.3 Å². The van der Waals surface area contributed by atoms with Crippen LogP contribution in [-0.2, 0) is 6.42 Å². The molecule has 0 amide bonds. The highest BCUT2D eigenvalue weighted by atomic mass is 35.5. The number of halogens is 1. The lowest BCUT2D eigenvalue weighted by atomic mass is 9.91. The van der Waals surface area contributed by atoms with Crippen molar-refractivity contribution in [1.29, 1.82) is 5.26 Å². The number of nitrogens with zero attached hydrogens (tertiary/aromatic N) is 1. The largest absolute Gasteiger partial charge is 0.192 e. The van der Waals surface area contributed by atoms with Crippen LogP contribution in [0.15, 0.2) is 18.2 Å². The molecule has 0 aliphatic heterocycles. The van der Waals surface area contributed by atoms with E-state index in [2.05, 4.69) is 19.9 Å². The smallest absolute Gasteiger partial charge is 0.101 e. The molecule has 18 heavy (non-hydrogen) atoms. The monoisotopic (exact) mass is 263 g/mol. The molecule has 0 radical (unpaired) electrons. The van der Waals surface area contributed by atoms with Crippen molar-refractivity contribution in [2.75, 3.05) is 0 Å². The number of hydrogen-bond donors (Lipinski definition) is 0. The van der Waals surface area contributed by atoms with E-state index in [1.165, 1.54) is 37.7 Å². The first-order valence-corrected chi connectivity index (χ1v) is 7.27. The molecule has 2 heteroatoms. The minimum atomic E-state index is 0.569. The van der Waals surface area contributed by atoms with E-state index in [0.29, 0.717) is 10.6 Å². The normalized spacial score (nSPS) is 10.6. The second kappa shape index (κ2) is 8.16. The second-order valence-electron chi connectivity index (χ2n) is 4.91. The minimum Gasteiger partial charge on any atom is -0.192 e. The topological polar surface area (TPSA) is 23.8 Å². The molecular weight excluding hydrogens is 242 g/mol. The van der Waals surface area contributed by atoms with Crippen LogP contribution in [0.4, 0.5) is 0 Å². The zero-order valence-electron chi connectivity index (χ0n) is 11.4. The van der Waals surface area contributed by atoms with Crippen LogP contribution in [0.2, 0.25) is 5.02 Å². The van der Waals surface area contributed by atoms with Gasteiger partial charge in [0.05, 0.1) is 10.6 Å². The van der Waals surface area contributed by atoms with E-state index in [9.17, 15) is 0 Å². The molecule has 0 aliphatic carbocycles. The van der Waals surface area contributed by atoms with Gasteiger partial charge in [-0.1, -0.05) is 57.2 Å². The zero-order chi connectivity index (χ0) is 13.4. The Kier molecular flexibility index (Phi) is 6.83. The molecule has 0 aromatic heterocycles. The SMILES string of the molecule is CCCC(CCC)CCc1ccc(C#N)c(Cl)c1. The average molecular weight is 264 g/mol. The molecule has 0 spiro atoms. The standard InChI is InChI=1S/C16H22ClN/c1-3-5-13(6-4-2)7-8-14-9-10-15(12-18)16(17)11-14/h9-11,13H,3-8H2,1-2H3. The predicted molar refractivity (Wildman–Crippen MR) is 77.8 cm³/mol. The number of rotatable bonds is 7. The van der Waals surface area contributed by atoms with Crippen molar-refractivity contribution in [3.8, 4) is 6.07 Å². The van der Waals surface area contributed by atoms with Gasteiger partial charge in [0.1, 0.15) is 6.07 Å². The summed E-state index contributed by atoms with van der Waals surface area (Å²) >= 11 is 6.04. The number of hydrogen-bond acceptors (Lipinski definition) is 1. The Bertz CT molecular complexity index is 400. The molecule has 0 N–H and O–H groups in total. The molecule has 0 saturated carbocycles. The van der Waals surface area contributed by atoms with Gasteiger partial charge in [-0.05, 0) is 36.5 Å². The fourth-order valence-electron chi connectivity index (χ4n) is 2.43. The molecule has 98 valence electrons. The summed E-state index contributed by atoms with van der Waals surface area (Å²) in [5, 5.41) is 9.41. The molecule has 1 aromatic carbocycles. The van der Waals surface area contributed by atoms with Gasteiger partial charge in [-0.3, -0.25) is 0 Å². The number of benzene rings is 1. The average Bonchev–Trinajstić information content (AvgIpc) is 2.36. The van der Waals surface area contributed by atoms with Crippen molar-refractivity contribution in [1.82, 2.24) is 0 Å². The number of aryl methyl sites for hydroxylation is 1. The van der Waals surface area contributed by atoms with Gasteiger partial charge >= 0.3 is 0 Å². The van der Waals surface area contributed by atoms with Gasteiger partial charge in [0.25, 0.3) is 0 Å².